The number of alkyl halides is 7. The van der Waals surface area contributed by atoms with Crippen molar-refractivity contribution in [1.82, 2.24) is 10.2 Å². The molecule has 0 aromatic rings. The van der Waals surface area contributed by atoms with Crippen molar-refractivity contribution in [2.24, 2.45) is 17.6 Å². The van der Waals surface area contributed by atoms with Gasteiger partial charge in [0.2, 0.25) is 17.6 Å². The fraction of sp³-hybridized carbons (Fsp3) is 0.833. The Balaban J connectivity index is 3.12. The van der Waals surface area contributed by atoms with Crippen LogP contribution in [0.3, 0.4) is 0 Å². The molecule has 3 atom stereocenters. The first-order chi connectivity index (χ1) is 13.9. The SMILES string of the molecule is CC(C)[C@H](N)C(=O)N1CCC[C@H]1C(=O)N[C@H](C(=O)C(F)(F)C(F)(F)C(F)(F)F)C(C)C. The lowest BCUT2D eigenvalue weighted by molar-refractivity contribution is -0.344. The average molecular weight is 465 g/mol. The number of ketones is 1. The Hall–Kier alpha value is -1.92. The monoisotopic (exact) mass is 465 g/mol. The smallest absolute Gasteiger partial charge is 0.344 e. The number of nitrogens with one attached hydrogen (secondary N) is 1. The first-order valence-corrected chi connectivity index (χ1v) is 9.61. The maximum Gasteiger partial charge on any atom is 0.460 e. The molecule has 1 saturated heterocycles. The Kier molecular flexibility index (Phi) is 8.13. The van der Waals surface area contributed by atoms with E-state index in [0.717, 1.165) is 18.7 Å². The molecule has 180 valence electrons. The third-order valence-corrected chi connectivity index (χ3v) is 5.15. The van der Waals surface area contributed by atoms with Gasteiger partial charge in [-0.15, -0.1) is 0 Å². The normalized spacial score (nSPS) is 20.2. The molecule has 0 aromatic heterocycles. The molecule has 0 aromatic carbocycles. The van der Waals surface area contributed by atoms with Crippen LogP contribution in [0.15, 0.2) is 0 Å². The van der Waals surface area contributed by atoms with Crippen molar-refractivity contribution < 1.29 is 45.1 Å². The summed E-state index contributed by atoms with van der Waals surface area (Å²) in [7, 11) is 0. The van der Waals surface area contributed by atoms with Crippen molar-refractivity contribution in [2.75, 3.05) is 6.54 Å². The van der Waals surface area contributed by atoms with Gasteiger partial charge in [0.15, 0.2) is 0 Å². The summed E-state index contributed by atoms with van der Waals surface area (Å²) in [6.07, 6.45) is -6.26. The molecular weight excluding hydrogens is 439 g/mol. The van der Waals surface area contributed by atoms with Crippen molar-refractivity contribution >= 4 is 17.6 Å². The summed E-state index contributed by atoms with van der Waals surface area (Å²) in [5.41, 5.74) is 5.78. The highest BCUT2D eigenvalue weighted by Gasteiger charge is 2.76. The van der Waals surface area contributed by atoms with Crippen LogP contribution in [-0.4, -0.2) is 65.2 Å². The van der Waals surface area contributed by atoms with Gasteiger partial charge in [-0.05, 0) is 24.7 Å². The lowest BCUT2D eigenvalue weighted by Crippen LogP contribution is -2.63. The van der Waals surface area contributed by atoms with Gasteiger partial charge in [-0.2, -0.15) is 30.7 Å². The molecule has 0 unspecified atom stereocenters. The van der Waals surface area contributed by atoms with E-state index in [2.05, 4.69) is 0 Å². The van der Waals surface area contributed by atoms with Gasteiger partial charge in [0.25, 0.3) is 0 Å². The van der Waals surface area contributed by atoms with E-state index in [1.165, 1.54) is 0 Å². The lowest BCUT2D eigenvalue weighted by Gasteiger charge is -2.33. The summed E-state index contributed by atoms with van der Waals surface area (Å²) < 4.78 is 91.6. The van der Waals surface area contributed by atoms with Crippen LogP contribution in [-0.2, 0) is 14.4 Å². The van der Waals surface area contributed by atoms with Crippen LogP contribution in [0, 0.1) is 11.8 Å². The number of nitrogens with two attached hydrogens (primary N) is 1. The fourth-order valence-electron chi connectivity index (χ4n) is 3.09. The molecule has 1 aliphatic rings. The largest absolute Gasteiger partial charge is 0.460 e. The van der Waals surface area contributed by atoms with Crippen LogP contribution in [0.25, 0.3) is 0 Å². The Labute approximate surface area is 174 Å². The number of halogens is 7. The summed E-state index contributed by atoms with van der Waals surface area (Å²) in [5.74, 6) is -18.8. The number of hydrogen-bond acceptors (Lipinski definition) is 4. The number of likely N-dealkylation sites (tertiary alicyclic amines) is 1. The van der Waals surface area contributed by atoms with Crippen LogP contribution in [0.4, 0.5) is 30.7 Å². The summed E-state index contributed by atoms with van der Waals surface area (Å²) in [6.45, 7) is 5.61. The standard InChI is InChI=1S/C18H26F7N3O3/c1-8(2)11(26)15(31)28-7-5-6-10(28)14(30)27-12(9(3)4)13(29)16(19,20)17(21,22)18(23,24)25/h8-12H,5-7,26H2,1-4H3,(H,27,30)/t10-,11-,12-/m0/s1. The highest BCUT2D eigenvalue weighted by molar-refractivity contribution is 5.97. The topological polar surface area (TPSA) is 92.5 Å². The van der Waals surface area contributed by atoms with Crippen LogP contribution in [0.5, 0.6) is 0 Å². The van der Waals surface area contributed by atoms with E-state index in [1.807, 2.05) is 5.32 Å². The summed E-state index contributed by atoms with van der Waals surface area (Å²) in [6, 6.07) is -4.53. The second-order valence-corrected chi connectivity index (χ2v) is 8.20. The molecule has 13 heteroatoms. The number of carbonyl (C=O) groups excluding carboxylic acids is 3. The van der Waals surface area contributed by atoms with Gasteiger partial charge >= 0.3 is 18.0 Å². The molecule has 0 spiro atoms. The van der Waals surface area contributed by atoms with Crippen molar-refractivity contribution in [1.29, 1.82) is 0 Å². The van der Waals surface area contributed by atoms with Gasteiger partial charge < -0.3 is 16.0 Å². The van der Waals surface area contributed by atoms with Crippen molar-refractivity contribution in [2.45, 2.75) is 76.7 Å². The van der Waals surface area contributed by atoms with Gasteiger partial charge in [-0.1, -0.05) is 27.7 Å². The molecule has 0 bridgehead atoms. The number of rotatable bonds is 8. The zero-order valence-electron chi connectivity index (χ0n) is 17.4. The molecular formula is C18H26F7N3O3. The number of hydrogen-bond donors (Lipinski definition) is 2. The van der Waals surface area contributed by atoms with E-state index >= 15 is 0 Å². The molecule has 1 fully saturated rings. The average Bonchev–Trinajstić information content (AvgIpc) is 3.12. The van der Waals surface area contributed by atoms with Gasteiger partial charge in [0.05, 0.1) is 12.1 Å². The van der Waals surface area contributed by atoms with Gasteiger partial charge in [0.1, 0.15) is 6.04 Å². The summed E-state index contributed by atoms with van der Waals surface area (Å²) in [4.78, 5) is 38.2. The van der Waals surface area contributed by atoms with Crippen molar-refractivity contribution in [3.05, 3.63) is 0 Å². The van der Waals surface area contributed by atoms with E-state index in [4.69, 9.17) is 5.73 Å². The number of amides is 2. The predicted molar refractivity (Wildman–Crippen MR) is 95.3 cm³/mol. The molecule has 1 aliphatic heterocycles. The van der Waals surface area contributed by atoms with Gasteiger partial charge in [-0.25, -0.2) is 0 Å². The maximum absolute atomic E-state index is 13.9. The first kappa shape index (κ1) is 27.1. The first-order valence-electron chi connectivity index (χ1n) is 9.61. The minimum atomic E-state index is -6.68. The quantitative estimate of drug-likeness (QED) is 0.539. The third-order valence-electron chi connectivity index (χ3n) is 5.15. The lowest BCUT2D eigenvalue weighted by atomic mass is 9.92. The Morgan fingerprint density at radius 3 is 1.90 bits per heavy atom. The van der Waals surface area contributed by atoms with E-state index < -0.39 is 59.7 Å². The summed E-state index contributed by atoms with van der Waals surface area (Å²) in [5, 5.41) is 1.84. The van der Waals surface area contributed by atoms with Crippen LogP contribution in [0.2, 0.25) is 0 Å². The van der Waals surface area contributed by atoms with Crippen molar-refractivity contribution in [3.63, 3.8) is 0 Å². The van der Waals surface area contributed by atoms with E-state index in [-0.39, 0.29) is 18.9 Å². The maximum atomic E-state index is 13.9. The highest BCUT2D eigenvalue weighted by Crippen LogP contribution is 2.47. The fourth-order valence-corrected chi connectivity index (χ4v) is 3.09. The van der Waals surface area contributed by atoms with E-state index in [1.54, 1.807) is 13.8 Å². The molecule has 2 amide bonds. The Morgan fingerprint density at radius 2 is 1.48 bits per heavy atom. The number of Topliss-reactive ketones (excluding diaryl/α,β-unsaturated/α-hetero) is 1. The van der Waals surface area contributed by atoms with Crippen LogP contribution < -0.4 is 11.1 Å². The minimum absolute atomic E-state index is 0.0799. The molecule has 1 rings (SSSR count). The van der Waals surface area contributed by atoms with E-state index in [9.17, 15) is 45.1 Å². The van der Waals surface area contributed by atoms with Crippen LogP contribution >= 0.6 is 0 Å². The Bertz CT molecular complexity index is 695. The molecule has 0 aliphatic carbocycles. The third kappa shape index (κ3) is 5.29. The Morgan fingerprint density at radius 1 is 0.968 bits per heavy atom. The zero-order chi connectivity index (χ0) is 24.5. The second-order valence-electron chi connectivity index (χ2n) is 8.20. The van der Waals surface area contributed by atoms with Gasteiger partial charge in [0, 0.05) is 6.54 Å². The number of carbonyl (C=O) groups is 3. The molecule has 3 N–H and O–H groups in total. The summed E-state index contributed by atoms with van der Waals surface area (Å²) >= 11 is 0. The molecule has 6 nitrogen and oxygen atoms in total. The van der Waals surface area contributed by atoms with Crippen LogP contribution in [0.1, 0.15) is 40.5 Å². The molecule has 0 radical (unpaired) electrons. The van der Waals surface area contributed by atoms with Crippen molar-refractivity contribution in [3.8, 4) is 0 Å². The zero-order valence-corrected chi connectivity index (χ0v) is 17.4. The van der Waals surface area contributed by atoms with E-state index in [0.29, 0.717) is 6.42 Å². The molecule has 0 saturated carbocycles. The molecule has 31 heavy (non-hydrogen) atoms. The minimum Gasteiger partial charge on any atom is -0.344 e. The predicted octanol–water partition coefficient (Wildman–Crippen LogP) is 2.50. The molecule has 1 heterocycles. The van der Waals surface area contributed by atoms with Gasteiger partial charge in [-0.3, -0.25) is 14.4 Å². The highest BCUT2D eigenvalue weighted by atomic mass is 19.4. The number of nitrogens with zero attached hydrogens (tertiary/aromatic N) is 1. The second kappa shape index (κ2) is 9.29.